The van der Waals surface area contributed by atoms with Gasteiger partial charge in [0, 0.05) is 37.2 Å². The molecule has 3 rings (SSSR count). The first-order valence-electron chi connectivity index (χ1n) is 7.71. The van der Waals surface area contributed by atoms with E-state index in [9.17, 15) is 9.59 Å². The highest BCUT2D eigenvalue weighted by atomic mass is 32.1. The smallest absolute Gasteiger partial charge is 0.262 e. The zero-order valence-electron chi connectivity index (χ0n) is 14.2. The Bertz CT molecular complexity index is 830. The van der Waals surface area contributed by atoms with Gasteiger partial charge in [0.05, 0.1) is 11.1 Å². The third-order valence-electron chi connectivity index (χ3n) is 4.10. The maximum atomic E-state index is 13.0. The quantitative estimate of drug-likeness (QED) is 0.596. The third-order valence-corrected chi connectivity index (χ3v) is 6.03. The Morgan fingerprint density at radius 1 is 0.917 bits per heavy atom. The van der Waals surface area contributed by atoms with Crippen LogP contribution in [0.2, 0.25) is 0 Å². The number of rotatable bonds is 4. The predicted octanol–water partition coefficient (Wildman–Crippen LogP) is 4.51. The van der Waals surface area contributed by atoms with Crippen molar-refractivity contribution >= 4 is 45.6 Å². The van der Waals surface area contributed by atoms with Gasteiger partial charge in [0.15, 0.2) is 0 Å². The summed E-state index contributed by atoms with van der Waals surface area (Å²) in [6.07, 6.45) is 1.59. The van der Waals surface area contributed by atoms with E-state index >= 15 is 0 Å². The number of carbonyl (C=O) groups is 2. The summed E-state index contributed by atoms with van der Waals surface area (Å²) < 4.78 is 0. The molecule has 0 radical (unpaired) electrons. The van der Waals surface area contributed by atoms with Gasteiger partial charge in [0.2, 0.25) is 0 Å². The minimum atomic E-state index is -0.223. The highest BCUT2D eigenvalue weighted by Crippen LogP contribution is 2.41. The Balaban J connectivity index is 2.29. The third kappa shape index (κ3) is 2.58. The zero-order chi connectivity index (χ0) is 17.6. The molecule has 124 valence electrons. The summed E-state index contributed by atoms with van der Waals surface area (Å²) >= 11 is 3.29. The van der Waals surface area contributed by atoms with Crippen LogP contribution in [-0.4, -0.2) is 23.3 Å². The van der Waals surface area contributed by atoms with E-state index in [-0.39, 0.29) is 18.4 Å². The maximum Gasteiger partial charge on any atom is 0.262 e. The molecule has 2 aromatic heterocycles. The molecule has 0 aromatic carbocycles. The molecule has 3 nitrogen and oxygen atoms in total. The monoisotopic (exact) mass is 357 g/mol. The minimum absolute atomic E-state index is 0.223. The Morgan fingerprint density at radius 2 is 1.33 bits per heavy atom. The molecule has 0 aliphatic carbocycles. The van der Waals surface area contributed by atoms with Gasteiger partial charge in [-0.2, -0.15) is 0 Å². The zero-order valence-corrected chi connectivity index (χ0v) is 15.9. The summed E-state index contributed by atoms with van der Waals surface area (Å²) in [7, 11) is 0. The van der Waals surface area contributed by atoms with Gasteiger partial charge in [-0.3, -0.25) is 14.5 Å². The van der Waals surface area contributed by atoms with Crippen molar-refractivity contribution in [1.82, 2.24) is 4.90 Å². The van der Waals surface area contributed by atoms with Gasteiger partial charge in [0.25, 0.3) is 11.8 Å². The van der Waals surface area contributed by atoms with Crippen LogP contribution in [0.25, 0.3) is 11.1 Å². The molecule has 0 spiro atoms. The second-order valence-electron chi connectivity index (χ2n) is 5.91. The van der Waals surface area contributed by atoms with Crippen LogP contribution in [0, 0.1) is 27.7 Å². The largest absolute Gasteiger partial charge is 0.270 e. The van der Waals surface area contributed by atoms with Crippen molar-refractivity contribution in [3.05, 3.63) is 55.4 Å². The number of thiophene rings is 2. The normalized spacial score (nSPS) is 14.9. The van der Waals surface area contributed by atoms with Crippen molar-refractivity contribution in [1.29, 1.82) is 0 Å². The molecule has 0 fully saturated rings. The molecule has 24 heavy (non-hydrogen) atoms. The van der Waals surface area contributed by atoms with Crippen molar-refractivity contribution in [2.75, 3.05) is 6.54 Å². The van der Waals surface area contributed by atoms with Crippen molar-refractivity contribution in [2.45, 2.75) is 27.7 Å². The molecular weight excluding hydrogens is 338 g/mol. The average Bonchev–Trinajstić information content (AvgIpc) is 3.08. The van der Waals surface area contributed by atoms with E-state index in [2.05, 4.69) is 6.58 Å². The molecule has 2 amide bonds. The molecule has 0 saturated heterocycles. The van der Waals surface area contributed by atoms with Gasteiger partial charge in [0.1, 0.15) is 0 Å². The summed E-state index contributed by atoms with van der Waals surface area (Å²) in [5.41, 5.74) is 2.82. The Kier molecular flexibility index (Phi) is 4.32. The Labute approximate surface area is 149 Å². The molecule has 1 aliphatic rings. The summed E-state index contributed by atoms with van der Waals surface area (Å²) in [5, 5.41) is 0. The average molecular weight is 358 g/mol. The van der Waals surface area contributed by atoms with E-state index < -0.39 is 0 Å². The number of nitrogens with zero attached hydrogens (tertiary/aromatic N) is 1. The maximum absolute atomic E-state index is 13.0. The van der Waals surface area contributed by atoms with Crippen molar-refractivity contribution in [3.63, 3.8) is 0 Å². The minimum Gasteiger partial charge on any atom is -0.270 e. The molecule has 2 aromatic rings. The van der Waals surface area contributed by atoms with Gasteiger partial charge in [-0.05, 0) is 39.8 Å². The molecule has 0 atom stereocenters. The first-order chi connectivity index (χ1) is 11.3. The van der Waals surface area contributed by atoms with Gasteiger partial charge in [-0.1, -0.05) is 6.08 Å². The molecular formula is C19H19NO2S2. The van der Waals surface area contributed by atoms with Crippen molar-refractivity contribution in [2.24, 2.45) is 0 Å². The van der Waals surface area contributed by atoms with Crippen LogP contribution in [0.15, 0.2) is 24.8 Å². The molecule has 0 saturated carbocycles. The second-order valence-corrected chi connectivity index (χ2v) is 8.83. The number of hydrogen-bond donors (Lipinski definition) is 0. The lowest BCUT2D eigenvalue weighted by atomic mass is 9.97. The van der Waals surface area contributed by atoms with E-state index in [0.29, 0.717) is 11.1 Å². The lowest BCUT2D eigenvalue weighted by Gasteiger charge is -2.12. The SMILES string of the molecule is C=CCN1C(=O)C(c2cc(C)sc2C)=C(c2cc(C)sc2C)C1=O. The summed E-state index contributed by atoms with van der Waals surface area (Å²) in [6, 6.07) is 4.01. The van der Waals surface area contributed by atoms with Gasteiger partial charge >= 0.3 is 0 Å². The highest BCUT2D eigenvalue weighted by molar-refractivity contribution is 7.12. The Hall–Kier alpha value is -1.98. The standard InChI is InChI=1S/C19H19NO2S2/c1-6-7-20-18(21)16(14-8-10(2)23-12(14)4)17(19(20)22)15-9-11(3)24-13(15)5/h6,8-9H,1,7H2,2-5H3. The topological polar surface area (TPSA) is 37.4 Å². The first-order valence-corrected chi connectivity index (χ1v) is 9.34. The molecule has 0 N–H and O–H groups in total. The molecule has 0 unspecified atom stereocenters. The highest BCUT2D eigenvalue weighted by Gasteiger charge is 2.40. The van der Waals surface area contributed by atoms with Crippen LogP contribution in [0.4, 0.5) is 0 Å². The van der Waals surface area contributed by atoms with Crippen LogP contribution in [-0.2, 0) is 9.59 Å². The van der Waals surface area contributed by atoms with Crippen molar-refractivity contribution in [3.8, 4) is 0 Å². The molecule has 1 aliphatic heterocycles. The van der Waals surface area contributed by atoms with Gasteiger partial charge in [-0.15, -0.1) is 29.3 Å². The van der Waals surface area contributed by atoms with Crippen LogP contribution in [0.3, 0.4) is 0 Å². The lowest BCUT2D eigenvalue weighted by Crippen LogP contribution is -2.31. The first kappa shape index (κ1) is 16.9. The summed E-state index contributed by atoms with van der Waals surface area (Å²) in [4.78, 5) is 31.6. The van der Waals surface area contributed by atoms with Gasteiger partial charge < -0.3 is 0 Å². The van der Waals surface area contributed by atoms with E-state index in [1.54, 1.807) is 28.7 Å². The molecule has 5 heteroatoms. The number of imide groups is 1. The molecule has 0 bridgehead atoms. The number of hydrogen-bond acceptors (Lipinski definition) is 4. The van der Waals surface area contributed by atoms with Crippen molar-refractivity contribution < 1.29 is 9.59 Å². The predicted molar refractivity (Wildman–Crippen MR) is 101 cm³/mol. The van der Waals surface area contributed by atoms with Crippen LogP contribution in [0.1, 0.15) is 30.6 Å². The van der Waals surface area contributed by atoms with Gasteiger partial charge in [-0.25, -0.2) is 0 Å². The summed E-state index contributed by atoms with van der Waals surface area (Å²) in [5.74, 6) is -0.446. The Morgan fingerprint density at radius 3 is 1.62 bits per heavy atom. The fraction of sp³-hybridized carbons (Fsp3) is 0.263. The van der Waals surface area contributed by atoms with Crippen LogP contribution < -0.4 is 0 Å². The molecule has 3 heterocycles. The van der Waals surface area contributed by atoms with E-state index in [1.165, 1.54) is 4.90 Å². The van der Waals surface area contributed by atoms with E-state index in [4.69, 9.17) is 0 Å². The van der Waals surface area contributed by atoms with Crippen LogP contribution in [0.5, 0.6) is 0 Å². The number of amides is 2. The van der Waals surface area contributed by atoms with Crippen LogP contribution >= 0.6 is 22.7 Å². The van der Waals surface area contributed by atoms with E-state index in [1.807, 2.05) is 39.8 Å². The number of carbonyl (C=O) groups excluding carboxylic acids is 2. The summed E-state index contributed by atoms with van der Waals surface area (Å²) in [6.45, 7) is 11.9. The number of aryl methyl sites for hydroxylation is 4. The lowest BCUT2D eigenvalue weighted by molar-refractivity contribution is -0.135. The second kappa shape index (κ2) is 6.15. The van der Waals surface area contributed by atoms with E-state index in [0.717, 1.165) is 30.6 Å². The fourth-order valence-corrected chi connectivity index (χ4v) is 4.99. The fourth-order valence-electron chi connectivity index (χ4n) is 3.13.